The van der Waals surface area contributed by atoms with Crippen molar-refractivity contribution in [1.29, 1.82) is 0 Å². The Morgan fingerprint density at radius 2 is 2.20 bits per heavy atom. The number of ether oxygens (including phenoxy) is 3. The number of nitrogens with zero attached hydrogens (tertiary/aromatic N) is 3. The van der Waals surface area contributed by atoms with E-state index in [-0.39, 0.29) is 18.7 Å². The van der Waals surface area contributed by atoms with Crippen LogP contribution in [0.1, 0.15) is 22.2 Å². The highest BCUT2D eigenvalue weighted by Gasteiger charge is 2.14. The van der Waals surface area contributed by atoms with Crippen LogP contribution in [0.15, 0.2) is 23.3 Å². The summed E-state index contributed by atoms with van der Waals surface area (Å²) in [6.45, 7) is 0.304. The number of rotatable bonds is 7. The normalized spacial score (nSPS) is 11.3. The van der Waals surface area contributed by atoms with E-state index in [2.05, 4.69) is 14.8 Å². The van der Waals surface area contributed by atoms with Crippen molar-refractivity contribution in [3.05, 3.63) is 39.8 Å². The zero-order chi connectivity index (χ0) is 15.0. The van der Waals surface area contributed by atoms with E-state index in [0.717, 1.165) is 0 Å². The topological polar surface area (TPSA) is 114 Å². The van der Waals surface area contributed by atoms with Crippen molar-refractivity contribution in [3.8, 4) is 5.75 Å². The molecule has 0 radical (unpaired) electrons. The number of aliphatic hydroxyl groups excluding tert-OH is 1. The monoisotopic (exact) mass is 281 g/mol. The largest absolute Gasteiger partial charge is 0.493 e. The first-order valence-electron chi connectivity index (χ1n) is 5.70. The van der Waals surface area contributed by atoms with E-state index < -0.39 is 12.3 Å². The molecule has 0 amide bonds. The molecule has 0 saturated heterocycles. The van der Waals surface area contributed by atoms with Gasteiger partial charge in [0.25, 0.3) is 0 Å². The van der Waals surface area contributed by atoms with Gasteiger partial charge < -0.3 is 19.3 Å². The third-order valence-corrected chi connectivity index (χ3v) is 2.38. The minimum Gasteiger partial charge on any atom is -0.493 e. The molecule has 0 saturated carbocycles. The predicted molar refractivity (Wildman–Crippen MR) is 69.3 cm³/mol. The molecule has 1 N–H and O–H groups in total. The van der Waals surface area contributed by atoms with Crippen molar-refractivity contribution in [2.45, 2.75) is 6.29 Å². The maximum atomic E-state index is 11.5. The summed E-state index contributed by atoms with van der Waals surface area (Å²) in [7, 11) is 2.58. The quantitative estimate of drug-likeness (QED) is 0.204. The van der Waals surface area contributed by atoms with E-state index in [1.807, 2.05) is 0 Å². The molecule has 8 heteroatoms. The van der Waals surface area contributed by atoms with Crippen LogP contribution in [0.5, 0.6) is 5.75 Å². The van der Waals surface area contributed by atoms with Crippen molar-refractivity contribution in [1.82, 2.24) is 0 Å². The molecule has 1 unspecified atom stereocenters. The van der Waals surface area contributed by atoms with Gasteiger partial charge >= 0.3 is 5.97 Å². The lowest BCUT2D eigenvalue weighted by Gasteiger charge is -2.13. The van der Waals surface area contributed by atoms with Crippen LogP contribution in [0.4, 0.5) is 0 Å². The highest BCUT2D eigenvalue weighted by molar-refractivity contribution is 5.90. The highest BCUT2D eigenvalue weighted by Crippen LogP contribution is 2.23. The van der Waals surface area contributed by atoms with Gasteiger partial charge in [-0.15, -0.1) is 0 Å². The number of methoxy groups -OCH3 is 2. The molecular weight excluding hydrogens is 266 g/mol. The number of hydrogen-bond donors (Lipinski definition) is 1. The first kappa shape index (κ1) is 15.8. The summed E-state index contributed by atoms with van der Waals surface area (Å²) < 4.78 is 14.7. The van der Waals surface area contributed by atoms with E-state index in [4.69, 9.17) is 15.0 Å². The Bertz CT molecular complexity index is 514. The fraction of sp³-hybridized carbons (Fsp3) is 0.417. The van der Waals surface area contributed by atoms with Crippen molar-refractivity contribution in [3.63, 3.8) is 0 Å². The molecular formula is C12H15N3O5. The molecule has 0 aliphatic heterocycles. The average molecular weight is 281 g/mol. The molecule has 0 heterocycles. The summed E-state index contributed by atoms with van der Waals surface area (Å²) in [6.07, 6.45) is -1.18. The van der Waals surface area contributed by atoms with Crippen LogP contribution in [0.25, 0.3) is 10.4 Å². The highest BCUT2D eigenvalue weighted by atomic mass is 16.6. The molecule has 1 aromatic rings. The molecule has 0 bridgehead atoms. The molecule has 20 heavy (non-hydrogen) atoms. The Hall–Kier alpha value is -2.28. The van der Waals surface area contributed by atoms with Gasteiger partial charge in [0.1, 0.15) is 5.75 Å². The van der Waals surface area contributed by atoms with Gasteiger partial charge in [-0.2, -0.15) is 0 Å². The van der Waals surface area contributed by atoms with Crippen molar-refractivity contribution < 1.29 is 24.1 Å². The molecule has 1 aromatic carbocycles. The van der Waals surface area contributed by atoms with Crippen molar-refractivity contribution in [2.75, 3.05) is 27.4 Å². The fourth-order valence-electron chi connectivity index (χ4n) is 1.47. The molecule has 0 fully saturated rings. The lowest BCUT2D eigenvalue weighted by molar-refractivity contribution is -0.0770. The van der Waals surface area contributed by atoms with Crippen LogP contribution in [-0.2, 0) is 9.47 Å². The van der Waals surface area contributed by atoms with E-state index in [0.29, 0.717) is 11.3 Å². The summed E-state index contributed by atoms with van der Waals surface area (Å²) in [5.74, 6) is -0.220. The molecule has 108 valence electrons. The number of esters is 1. The number of hydrogen-bond acceptors (Lipinski definition) is 6. The Balaban J connectivity index is 2.96. The average Bonchev–Trinajstić information content (AvgIpc) is 2.49. The zero-order valence-corrected chi connectivity index (χ0v) is 11.1. The predicted octanol–water partition coefficient (Wildman–Crippen LogP) is 1.80. The fourth-order valence-corrected chi connectivity index (χ4v) is 1.47. The molecule has 0 aromatic heterocycles. The molecule has 0 aliphatic carbocycles. The van der Waals surface area contributed by atoms with Gasteiger partial charge in [-0.05, 0) is 23.7 Å². The van der Waals surface area contributed by atoms with E-state index in [1.165, 1.54) is 32.4 Å². The van der Waals surface area contributed by atoms with Gasteiger partial charge in [0.15, 0.2) is 6.29 Å². The zero-order valence-electron chi connectivity index (χ0n) is 11.1. The van der Waals surface area contributed by atoms with Crippen LogP contribution < -0.4 is 4.74 Å². The standard InChI is InChI=1S/C12H15N3O5/c1-18-11(16)8-5-9(12(17)19-2)7-10(6-8)20-4-3-14-15-13/h5-7,11,16H,3-4H2,1-2H3. The van der Waals surface area contributed by atoms with Crippen LogP contribution >= 0.6 is 0 Å². The Morgan fingerprint density at radius 3 is 2.80 bits per heavy atom. The third-order valence-electron chi connectivity index (χ3n) is 2.38. The smallest absolute Gasteiger partial charge is 0.337 e. The minimum atomic E-state index is -1.18. The van der Waals surface area contributed by atoms with Gasteiger partial charge in [0, 0.05) is 17.6 Å². The van der Waals surface area contributed by atoms with Gasteiger partial charge in [-0.3, -0.25) is 0 Å². The Morgan fingerprint density at radius 1 is 1.45 bits per heavy atom. The van der Waals surface area contributed by atoms with Crippen LogP contribution in [0.3, 0.4) is 0 Å². The summed E-state index contributed by atoms with van der Waals surface area (Å²) >= 11 is 0. The van der Waals surface area contributed by atoms with E-state index in [1.54, 1.807) is 0 Å². The summed E-state index contributed by atoms with van der Waals surface area (Å²) in [5.41, 5.74) is 8.73. The summed E-state index contributed by atoms with van der Waals surface area (Å²) in [6, 6.07) is 4.44. The number of carbonyl (C=O) groups excluding carboxylic acids is 1. The first-order chi connectivity index (χ1) is 9.62. The Kier molecular flexibility index (Phi) is 6.31. The maximum absolute atomic E-state index is 11.5. The minimum absolute atomic E-state index is 0.150. The number of benzene rings is 1. The summed E-state index contributed by atoms with van der Waals surface area (Å²) in [4.78, 5) is 14.1. The second-order valence-electron chi connectivity index (χ2n) is 3.67. The van der Waals surface area contributed by atoms with Gasteiger partial charge in [-0.1, -0.05) is 5.11 Å². The van der Waals surface area contributed by atoms with Crippen LogP contribution in [-0.4, -0.2) is 38.4 Å². The molecule has 1 rings (SSSR count). The lowest BCUT2D eigenvalue weighted by atomic mass is 10.1. The van der Waals surface area contributed by atoms with Crippen molar-refractivity contribution >= 4 is 5.97 Å². The number of azide groups is 1. The molecule has 8 nitrogen and oxygen atoms in total. The van der Waals surface area contributed by atoms with Gasteiger partial charge in [0.2, 0.25) is 0 Å². The molecule has 1 atom stereocenters. The second kappa shape index (κ2) is 8.00. The molecule has 0 aliphatic rings. The van der Waals surface area contributed by atoms with Crippen LogP contribution in [0, 0.1) is 0 Å². The van der Waals surface area contributed by atoms with E-state index in [9.17, 15) is 9.90 Å². The SMILES string of the molecule is COC(=O)c1cc(OCCN=[N+]=[N-])cc(C(O)OC)c1. The maximum Gasteiger partial charge on any atom is 0.337 e. The lowest BCUT2D eigenvalue weighted by Crippen LogP contribution is -2.08. The summed E-state index contributed by atoms with van der Waals surface area (Å²) in [5, 5.41) is 13.0. The van der Waals surface area contributed by atoms with Gasteiger partial charge in [0.05, 0.1) is 25.8 Å². The number of aliphatic hydroxyl groups is 1. The second-order valence-corrected chi connectivity index (χ2v) is 3.67. The van der Waals surface area contributed by atoms with Crippen molar-refractivity contribution in [2.24, 2.45) is 5.11 Å². The number of carbonyl (C=O) groups is 1. The Labute approximate surface area is 115 Å². The van der Waals surface area contributed by atoms with Gasteiger partial charge in [-0.25, -0.2) is 4.79 Å². The molecule has 0 spiro atoms. The van der Waals surface area contributed by atoms with E-state index >= 15 is 0 Å². The third kappa shape index (κ3) is 4.43. The van der Waals surface area contributed by atoms with Crippen LogP contribution in [0.2, 0.25) is 0 Å². The first-order valence-corrected chi connectivity index (χ1v) is 5.70.